The Bertz CT molecular complexity index is 326. The van der Waals surface area contributed by atoms with Gasteiger partial charge in [0.2, 0.25) is 0 Å². The van der Waals surface area contributed by atoms with Gasteiger partial charge >= 0.3 is 0 Å². The minimum atomic E-state index is -2.94. The molecule has 1 aliphatic carbocycles. The Labute approximate surface area is 106 Å². The van der Waals surface area contributed by atoms with Gasteiger partial charge in [0.1, 0.15) is 0 Å². The molecular weight excluding hydrogens is 234 g/mol. The highest BCUT2D eigenvalue weighted by molar-refractivity contribution is 7.92. The molecule has 0 aromatic carbocycles. The van der Waals surface area contributed by atoms with Crippen molar-refractivity contribution in [2.45, 2.75) is 64.2 Å². The first-order chi connectivity index (χ1) is 7.78. The summed E-state index contributed by atoms with van der Waals surface area (Å²) in [4.78, 5) is 0. The van der Waals surface area contributed by atoms with Crippen LogP contribution >= 0.6 is 0 Å². The minimum Gasteiger partial charge on any atom is -0.314 e. The summed E-state index contributed by atoms with van der Waals surface area (Å²) in [5.41, 5.74) is 0. The van der Waals surface area contributed by atoms with Crippen LogP contribution in [0.25, 0.3) is 0 Å². The third-order valence-electron chi connectivity index (χ3n) is 3.52. The molecule has 3 nitrogen and oxygen atoms in total. The summed E-state index contributed by atoms with van der Waals surface area (Å²) in [5.74, 6) is 1.12. The highest BCUT2D eigenvalue weighted by atomic mass is 32.2. The summed E-state index contributed by atoms with van der Waals surface area (Å²) in [6.45, 7) is 8.44. The highest BCUT2D eigenvalue weighted by Gasteiger charge is 2.32. The number of hydrogen-bond acceptors (Lipinski definition) is 3. The van der Waals surface area contributed by atoms with Gasteiger partial charge in [-0.3, -0.25) is 0 Å². The number of nitrogens with one attached hydrogen (secondary N) is 1. The molecule has 1 fully saturated rings. The van der Waals surface area contributed by atoms with Gasteiger partial charge in [-0.25, -0.2) is 8.42 Å². The SMILES string of the molecule is CCNC(CCCS(=O)(=O)C(C)(C)C)C1CC1. The molecule has 1 saturated carbocycles. The molecule has 1 aliphatic rings. The molecule has 0 spiro atoms. The smallest absolute Gasteiger partial charge is 0.155 e. The van der Waals surface area contributed by atoms with Gasteiger partial charge in [0.25, 0.3) is 0 Å². The summed E-state index contributed by atoms with van der Waals surface area (Å²) < 4.78 is 23.3. The van der Waals surface area contributed by atoms with Crippen LogP contribution in [-0.4, -0.2) is 31.5 Å². The van der Waals surface area contributed by atoms with E-state index in [9.17, 15) is 8.42 Å². The predicted octanol–water partition coefficient (Wildman–Crippen LogP) is 2.37. The molecule has 0 heterocycles. The summed E-state index contributed by atoms with van der Waals surface area (Å²) in [6.07, 6.45) is 4.40. The third kappa shape index (κ3) is 4.59. The number of hydrogen-bond donors (Lipinski definition) is 1. The van der Waals surface area contributed by atoms with Crippen molar-refractivity contribution in [3.05, 3.63) is 0 Å². The standard InChI is InChI=1S/C13H27NO2S/c1-5-14-12(11-8-9-11)7-6-10-17(15,16)13(2,3)4/h11-12,14H,5-10H2,1-4H3. The van der Waals surface area contributed by atoms with Gasteiger partial charge < -0.3 is 5.32 Å². The Morgan fingerprint density at radius 3 is 2.29 bits per heavy atom. The second kappa shape index (κ2) is 5.70. The molecule has 0 amide bonds. The van der Waals surface area contributed by atoms with Gasteiger partial charge in [0.05, 0.1) is 10.5 Å². The van der Waals surface area contributed by atoms with Crippen LogP contribution in [0.3, 0.4) is 0 Å². The molecule has 0 radical (unpaired) electrons. The van der Waals surface area contributed by atoms with Crippen molar-refractivity contribution in [3.63, 3.8) is 0 Å². The molecule has 0 aromatic rings. The number of rotatable bonds is 7. The predicted molar refractivity (Wildman–Crippen MR) is 73.0 cm³/mol. The fourth-order valence-electron chi connectivity index (χ4n) is 2.06. The average Bonchev–Trinajstić information content (AvgIpc) is 2.97. The van der Waals surface area contributed by atoms with E-state index in [1.54, 1.807) is 20.8 Å². The molecular formula is C13H27NO2S. The Balaban J connectivity index is 2.35. The molecule has 0 aliphatic heterocycles. The Kier molecular flexibility index (Phi) is 5.02. The summed E-state index contributed by atoms with van der Waals surface area (Å²) >= 11 is 0. The zero-order valence-corrected chi connectivity index (χ0v) is 12.4. The van der Waals surface area contributed by atoms with Gasteiger partial charge in [0.15, 0.2) is 9.84 Å². The van der Waals surface area contributed by atoms with Crippen molar-refractivity contribution in [3.8, 4) is 0 Å². The monoisotopic (exact) mass is 261 g/mol. The second-order valence-electron chi connectivity index (χ2n) is 6.08. The van der Waals surface area contributed by atoms with E-state index < -0.39 is 14.6 Å². The van der Waals surface area contributed by atoms with Crippen LogP contribution in [0.15, 0.2) is 0 Å². The van der Waals surface area contributed by atoms with Crippen molar-refractivity contribution < 1.29 is 8.42 Å². The van der Waals surface area contributed by atoms with Crippen molar-refractivity contribution in [1.29, 1.82) is 0 Å². The summed E-state index contributed by atoms with van der Waals surface area (Å²) in [5, 5.41) is 3.47. The molecule has 4 heteroatoms. The van der Waals surface area contributed by atoms with Crippen LogP contribution in [0.5, 0.6) is 0 Å². The zero-order chi connectivity index (χ0) is 13.1. The van der Waals surface area contributed by atoms with E-state index in [4.69, 9.17) is 0 Å². The lowest BCUT2D eigenvalue weighted by Crippen LogP contribution is -2.33. The van der Waals surface area contributed by atoms with Gasteiger partial charge in [0, 0.05) is 6.04 Å². The van der Waals surface area contributed by atoms with Crippen molar-refractivity contribution in [1.82, 2.24) is 5.32 Å². The normalized spacial score (nSPS) is 19.3. The summed E-state index contributed by atoms with van der Waals surface area (Å²) in [6, 6.07) is 0.537. The molecule has 17 heavy (non-hydrogen) atoms. The molecule has 1 atom stereocenters. The Morgan fingerprint density at radius 1 is 1.29 bits per heavy atom. The van der Waals surface area contributed by atoms with Gasteiger partial charge in [-0.1, -0.05) is 6.92 Å². The van der Waals surface area contributed by atoms with E-state index in [1.807, 2.05) is 0 Å². The van der Waals surface area contributed by atoms with Crippen LogP contribution in [-0.2, 0) is 9.84 Å². The molecule has 1 rings (SSSR count). The first-order valence-corrected chi connectivity index (χ1v) is 8.39. The Hall–Kier alpha value is -0.0900. The molecule has 1 unspecified atom stereocenters. The van der Waals surface area contributed by atoms with Gasteiger partial charge in [-0.2, -0.15) is 0 Å². The van der Waals surface area contributed by atoms with Crippen LogP contribution in [0.2, 0.25) is 0 Å². The third-order valence-corrected chi connectivity index (χ3v) is 6.21. The van der Waals surface area contributed by atoms with E-state index in [2.05, 4.69) is 12.2 Å². The van der Waals surface area contributed by atoms with Crippen LogP contribution in [0, 0.1) is 5.92 Å². The lowest BCUT2D eigenvalue weighted by Gasteiger charge is -2.21. The molecule has 0 bridgehead atoms. The maximum Gasteiger partial charge on any atom is 0.155 e. The Morgan fingerprint density at radius 2 is 1.88 bits per heavy atom. The van der Waals surface area contributed by atoms with Crippen LogP contribution < -0.4 is 5.32 Å². The number of sulfone groups is 1. The van der Waals surface area contributed by atoms with Gasteiger partial charge in [-0.15, -0.1) is 0 Å². The average molecular weight is 261 g/mol. The van der Waals surface area contributed by atoms with Crippen molar-refractivity contribution in [2.24, 2.45) is 5.92 Å². The summed E-state index contributed by atoms with van der Waals surface area (Å²) in [7, 11) is -2.94. The van der Waals surface area contributed by atoms with Crippen molar-refractivity contribution >= 4 is 9.84 Å². The second-order valence-corrected chi connectivity index (χ2v) is 8.94. The molecule has 102 valence electrons. The topological polar surface area (TPSA) is 46.2 Å². The van der Waals surface area contributed by atoms with Crippen LogP contribution in [0.4, 0.5) is 0 Å². The molecule has 0 aromatic heterocycles. The fraction of sp³-hybridized carbons (Fsp3) is 1.00. The first kappa shape index (κ1) is 15.0. The maximum absolute atomic E-state index is 12.0. The first-order valence-electron chi connectivity index (χ1n) is 6.73. The highest BCUT2D eigenvalue weighted by Crippen LogP contribution is 2.34. The van der Waals surface area contributed by atoms with E-state index in [0.29, 0.717) is 11.8 Å². The molecule has 1 N–H and O–H groups in total. The fourth-order valence-corrected chi connectivity index (χ4v) is 3.22. The lowest BCUT2D eigenvalue weighted by molar-refractivity contribution is 0.440. The van der Waals surface area contributed by atoms with E-state index in [-0.39, 0.29) is 0 Å². The van der Waals surface area contributed by atoms with E-state index >= 15 is 0 Å². The van der Waals surface area contributed by atoms with Crippen molar-refractivity contribution in [2.75, 3.05) is 12.3 Å². The quantitative estimate of drug-likeness (QED) is 0.765. The molecule has 0 saturated heterocycles. The van der Waals surface area contributed by atoms with E-state index in [0.717, 1.165) is 25.3 Å². The largest absolute Gasteiger partial charge is 0.314 e. The zero-order valence-electron chi connectivity index (χ0n) is 11.6. The minimum absolute atomic E-state index is 0.325. The van der Waals surface area contributed by atoms with Crippen LogP contribution in [0.1, 0.15) is 53.4 Å². The lowest BCUT2D eigenvalue weighted by atomic mass is 10.1. The maximum atomic E-state index is 12.0. The van der Waals surface area contributed by atoms with E-state index in [1.165, 1.54) is 12.8 Å². The van der Waals surface area contributed by atoms with Gasteiger partial charge in [-0.05, 0) is 58.9 Å².